The number of ether oxygens (including phenoxy) is 2. The summed E-state index contributed by atoms with van der Waals surface area (Å²) in [4.78, 5) is 17.8. The van der Waals surface area contributed by atoms with Gasteiger partial charge >= 0.3 is 0 Å². The molecule has 0 atom stereocenters. The van der Waals surface area contributed by atoms with Crippen LogP contribution < -0.4 is 20.5 Å². The highest BCUT2D eigenvalue weighted by Crippen LogP contribution is 2.35. The highest BCUT2D eigenvalue weighted by molar-refractivity contribution is 7.18. The van der Waals surface area contributed by atoms with E-state index in [0.29, 0.717) is 34.5 Å². The van der Waals surface area contributed by atoms with Gasteiger partial charge in [0, 0.05) is 17.3 Å². The van der Waals surface area contributed by atoms with Crippen molar-refractivity contribution in [3.05, 3.63) is 57.5 Å². The van der Waals surface area contributed by atoms with Crippen LogP contribution in [0.3, 0.4) is 0 Å². The van der Waals surface area contributed by atoms with Gasteiger partial charge < -0.3 is 20.5 Å². The summed E-state index contributed by atoms with van der Waals surface area (Å²) in [5.41, 5.74) is 10.7. The lowest BCUT2D eigenvalue weighted by molar-refractivity contribution is 0.104. The van der Waals surface area contributed by atoms with Crippen LogP contribution in [-0.4, -0.2) is 24.0 Å². The molecule has 0 bridgehead atoms. The standard InChI is InChI=1S/C21H21N3O3S/c1-11-8-13(3)15(9-12(11)2)18(25)19-20(22)24-21(28-19)23-14-4-5-16-17(10-14)27-7-6-26-16/h4-5,8-10H,6-7,22H2,1-3H3,(H,23,24). The second-order valence-electron chi connectivity index (χ2n) is 6.80. The molecule has 28 heavy (non-hydrogen) atoms. The van der Waals surface area contributed by atoms with Crippen LogP contribution in [0.2, 0.25) is 0 Å². The zero-order valence-corrected chi connectivity index (χ0v) is 16.8. The molecule has 3 aromatic rings. The number of aromatic nitrogens is 1. The monoisotopic (exact) mass is 395 g/mol. The number of nitrogen functional groups attached to an aromatic ring is 1. The fourth-order valence-electron chi connectivity index (χ4n) is 3.12. The van der Waals surface area contributed by atoms with Gasteiger partial charge in [0.2, 0.25) is 5.78 Å². The van der Waals surface area contributed by atoms with Crippen LogP contribution in [-0.2, 0) is 0 Å². The third-order valence-corrected chi connectivity index (χ3v) is 5.72. The zero-order chi connectivity index (χ0) is 19.8. The van der Waals surface area contributed by atoms with E-state index in [1.807, 2.05) is 51.1 Å². The molecule has 1 aliphatic rings. The molecule has 0 spiro atoms. The first-order valence-corrected chi connectivity index (χ1v) is 9.79. The maximum Gasteiger partial charge on any atom is 0.207 e. The van der Waals surface area contributed by atoms with Crippen molar-refractivity contribution in [1.82, 2.24) is 4.98 Å². The van der Waals surface area contributed by atoms with Gasteiger partial charge in [-0.3, -0.25) is 4.79 Å². The molecule has 0 aliphatic carbocycles. The van der Waals surface area contributed by atoms with Gasteiger partial charge in [0.05, 0.1) is 0 Å². The highest BCUT2D eigenvalue weighted by atomic mass is 32.1. The molecule has 0 radical (unpaired) electrons. The van der Waals surface area contributed by atoms with Gasteiger partial charge in [-0.2, -0.15) is 0 Å². The second kappa shape index (κ2) is 7.16. The van der Waals surface area contributed by atoms with Crippen molar-refractivity contribution in [2.45, 2.75) is 20.8 Å². The minimum atomic E-state index is -0.106. The van der Waals surface area contributed by atoms with E-state index in [1.165, 1.54) is 11.3 Å². The molecule has 2 heterocycles. The lowest BCUT2D eigenvalue weighted by Crippen LogP contribution is -2.15. The first-order valence-electron chi connectivity index (χ1n) is 8.98. The van der Waals surface area contributed by atoms with E-state index in [9.17, 15) is 4.79 Å². The van der Waals surface area contributed by atoms with E-state index in [4.69, 9.17) is 15.2 Å². The van der Waals surface area contributed by atoms with E-state index in [-0.39, 0.29) is 11.6 Å². The fraction of sp³-hybridized carbons (Fsp3) is 0.238. The Morgan fingerprint density at radius 2 is 1.75 bits per heavy atom. The summed E-state index contributed by atoms with van der Waals surface area (Å²) in [6, 6.07) is 9.51. The van der Waals surface area contributed by atoms with E-state index in [0.717, 1.165) is 28.1 Å². The van der Waals surface area contributed by atoms with Crippen molar-refractivity contribution in [1.29, 1.82) is 0 Å². The molecule has 3 N–H and O–H groups in total. The Labute approximate surface area is 167 Å². The van der Waals surface area contributed by atoms with Crippen LogP contribution in [0.1, 0.15) is 31.9 Å². The largest absolute Gasteiger partial charge is 0.486 e. The number of rotatable bonds is 4. The molecule has 0 fully saturated rings. The lowest BCUT2D eigenvalue weighted by atomic mass is 9.97. The number of nitrogens with one attached hydrogen (secondary N) is 1. The van der Waals surface area contributed by atoms with E-state index in [1.54, 1.807) is 0 Å². The number of benzene rings is 2. The molecule has 4 rings (SSSR count). The molecular weight excluding hydrogens is 374 g/mol. The van der Waals surface area contributed by atoms with Crippen molar-refractivity contribution in [2.24, 2.45) is 0 Å². The Morgan fingerprint density at radius 1 is 1.04 bits per heavy atom. The molecule has 0 saturated carbocycles. The molecule has 0 amide bonds. The van der Waals surface area contributed by atoms with E-state index >= 15 is 0 Å². The number of hydrogen-bond donors (Lipinski definition) is 2. The minimum Gasteiger partial charge on any atom is -0.486 e. The SMILES string of the molecule is Cc1cc(C)c(C(=O)c2sc(Nc3ccc4c(c3)OCCO4)nc2N)cc1C. The first-order chi connectivity index (χ1) is 13.4. The maximum atomic E-state index is 13.0. The number of ketones is 1. The molecule has 1 aromatic heterocycles. The minimum absolute atomic E-state index is 0.106. The summed E-state index contributed by atoms with van der Waals surface area (Å²) in [6.07, 6.45) is 0. The van der Waals surface area contributed by atoms with Crippen molar-refractivity contribution in [3.63, 3.8) is 0 Å². The molecule has 0 unspecified atom stereocenters. The third-order valence-electron chi connectivity index (χ3n) is 4.74. The van der Waals surface area contributed by atoms with Crippen molar-refractivity contribution < 1.29 is 14.3 Å². The summed E-state index contributed by atoms with van der Waals surface area (Å²) in [5.74, 6) is 1.53. The smallest absolute Gasteiger partial charge is 0.207 e. The first kappa shape index (κ1) is 18.3. The number of thiazole rings is 1. The normalized spacial score (nSPS) is 12.7. The number of nitrogens with two attached hydrogens (primary N) is 1. The fourth-order valence-corrected chi connectivity index (χ4v) is 3.98. The average Bonchev–Trinajstić information content (AvgIpc) is 3.04. The van der Waals surface area contributed by atoms with E-state index in [2.05, 4.69) is 10.3 Å². The number of carbonyl (C=O) groups excluding carboxylic acids is 1. The Kier molecular flexibility index (Phi) is 4.68. The van der Waals surface area contributed by atoms with Crippen molar-refractivity contribution in [2.75, 3.05) is 24.3 Å². The van der Waals surface area contributed by atoms with Gasteiger partial charge in [0.1, 0.15) is 23.9 Å². The predicted molar refractivity (Wildman–Crippen MR) is 111 cm³/mol. The van der Waals surface area contributed by atoms with Gasteiger partial charge in [-0.25, -0.2) is 4.98 Å². The van der Waals surface area contributed by atoms with Gasteiger partial charge in [-0.1, -0.05) is 17.4 Å². The molecule has 2 aromatic carbocycles. The topological polar surface area (TPSA) is 86.5 Å². The molecule has 0 saturated heterocycles. The van der Waals surface area contributed by atoms with Gasteiger partial charge in [-0.15, -0.1) is 0 Å². The highest BCUT2D eigenvalue weighted by Gasteiger charge is 2.21. The summed E-state index contributed by atoms with van der Waals surface area (Å²) >= 11 is 1.24. The maximum absolute atomic E-state index is 13.0. The van der Waals surface area contributed by atoms with Crippen LogP contribution in [0.15, 0.2) is 30.3 Å². The number of carbonyl (C=O) groups is 1. The summed E-state index contributed by atoms with van der Waals surface area (Å²) < 4.78 is 11.1. The second-order valence-corrected chi connectivity index (χ2v) is 7.80. The van der Waals surface area contributed by atoms with Crippen LogP contribution in [0, 0.1) is 20.8 Å². The predicted octanol–water partition coefficient (Wildman–Crippen LogP) is 4.40. The Morgan fingerprint density at radius 3 is 2.54 bits per heavy atom. The van der Waals surface area contributed by atoms with Gasteiger partial charge in [0.25, 0.3) is 0 Å². The number of aryl methyl sites for hydroxylation is 3. The van der Waals surface area contributed by atoms with Crippen LogP contribution in [0.5, 0.6) is 11.5 Å². The number of nitrogens with zero attached hydrogens (tertiary/aromatic N) is 1. The molecule has 144 valence electrons. The van der Waals surface area contributed by atoms with E-state index < -0.39 is 0 Å². The number of anilines is 3. The average molecular weight is 395 g/mol. The lowest BCUT2D eigenvalue weighted by Gasteiger charge is -2.18. The molecular formula is C21H21N3O3S. The molecule has 7 heteroatoms. The Bertz CT molecular complexity index is 1070. The summed E-state index contributed by atoms with van der Waals surface area (Å²) in [7, 11) is 0. The van der Waals surface area contributed by atoms with Crippen molar-refractivity contribution in [3.8, 4) is 11.5 Å². The third kappa shape index (κ3) is 3.41. The number of fused-ring (bicyclic) bond motifs is 1. The quantitative estimate of drug-likeness (QED) is 0.637. The van der Waals surface area contributed by atoms with Gasteiger partial charge in [-0.05, 0) is 55.7 Å². The molecule has 6 nitrogen and oxygen atoms in total. The Balaban J connectivity index is 1.60. The molecule has 1 aliphatic heterocycles. The van der Waals surface area contributed by atoms with Crippen LogP contribution in [0.25, 0.3) is 0 Å². The summed E-state index contributed by atoms with van der Waals surface area (Å²) in [6.45, 7) is 7.04. The summed E-state index contributed by atoms with van der Waals surface area (Å²) in [5, 5.41) is 3.75. The van der Waals surface area contributed by atoms with Crippen LogP contribution in [0.4, 0.5) is 16.6 Å². The zero-order valence-electron chi connectivity index (χ0n) is 16.0. The van der Waals surface area contributed by atoms with Crippen LogP contribution >= 0.6 is 11.3 Å². The Hall–Kier alpha value is -3.06. The van der Waals surface area contributed by atoms with Crippen molar-refractivity contribution >= 4 is 33.8 Å². The number of hydrogen-bond acceptors (Lipinski definition) is 7. The van der Waals surface area contributed by atoms with Gasteiger partial charge in [0.15, 0.2) is 16.6 Å².